The van der Waals surface area contributed by atoms with Gasteiger partial charge in [0.2, 0.25) is 5.91 Å². The molecule has 2 rings (SSSR count). The Hall–Kier alpha value is -2.52. The number of nitrogens with one attached hydrogen (secondary N) is 1. The van der Waals surface area contributed by atoms with E-state index in [2.05, 4.69) is 0 Å². The van der Waals surface area contributed by atoms with Crippen LogP contribution in [0.3, 0.4) is 0 Å². The number of hydrogen-bond donors (Lipinski definition) is 2. The molecule has 33 heavy (non-hydrogen) atoms. The van der Waals surface area contributed by atoms with Crippen molar-refractivity contribution < 1.29 is 49.4 Å². The fraction of sp³-hybridized carbons (Fsp3) is 0.556. The highest BCUT2D eigenvalue weighted by molar-refractivity contribution is 5.97. The molecule has 0 radical (unpaired) electrons. The van der Waals surface area contributed by atoms with Crippen LogP contribution < -0.4 is 16.0 Å². The number of morpholine rings is 1. The third kappa shape index (κ3) is 7.78. The number of rotatable bonds is 8. The Kier molecular flexibility index (Phi) is 8.59. The van der Waals surface area contributed by atoms with Crippen molar-refractivity contribution in [2.75, 3.05) is 49.6 Å². The number of carbonyl (C=O) groups excluding carboxylic acids is 2. The predicted octanol–water partition coefficient (Wildman–Crippen LogP) is 2.68. The van der Waals surface area contributed by atoms with Crippen molar-refractivity contribution in [2.24, 2.45) is 5.73 Å². The van der Waals surface area contributed by atoms with Crippen LogP contribution in [0.4, 0.5) is 46.5 Å². The molecule has 0 unspecified atom stereocenters. The summed E-state index contributed by atoms with van der Waals surface area (Å²) in [4.78, 5) is 25.2. The fourth-order valence-corrected chi connectivity index (χ4v) is 3.21. The smallest absolute Gasteiger partial charge is 0.370 e. The second-order valence-electron chi connectivity index (χ2n) is 7.05. The van der Waals surface area contributed by atoms with Gasteiger partial charge >= 0.3 is 12.4 Å². The molecule has 1 saturated heterocycles. The first-order chi connectivity index (χ1) is 15.2. The third-order valence-corrected chi connectivity index (χ3v) is 4.54. The molecule has 0 aromatic heterocycles. The standard InChI is InChI=1S/C18H20F8N4O3/c19-15(20)11-5-10(1-2-12(11)30-3-4-33-7-14(30)31)28-16(32)13(6-27)29(8-17(21,22)23)9-18(24,25)26/h1-2,5,13,15H,3-4,6-9,27H2,(H,28,32)/t13-/m1/s1. The quantitative estimate of drug-likeness (QED) is 0.545. The minimum Gasteiger partial charge on any atom is -0.370 e. The van der Waals surface area contributed by atoms with E-state index in [-0.39, 0.29) is 36.0 Å². The minimum absolute atomic E-state index is 0.0106. The summed E-state index contributed by atoms with van der Waals surface area (Å²) < 4.78 is 109. The van der Waals surface area contributed by atoms with E-state index < -0.39 is 61.8 Å². The molecule has 0 bridgehead atoms. The monoisotopic (exact) mass is 492 g/mol. The van der Waals surface area contributed by atoms with Crippen LogP contribution in [0.2, 0.25) is 0 Å². The zero-order valence-electron chi connectivity index (χ0n) is 16.8. The molecule has 186 valence electrons. The van der Waals surface area contributed by atoms with Crippen LogP contribution in [0.15, 0.2) is 18.2 Å². The molecule has 1 atom stereocenters. The summed E-state index contributed by atoms with van der Waals surface area (Å²) in [5.74, 6) is -1.93. The minimum atomic E-state index is -5.06. The SMILES string of the molecule is NC[C@H](C(=O)Nc1ccc(N2CCOCC2=O)c(C(F)F)c1)N(CC(F)(F)F)CC(F)(F)F. The Morgan fingerprint density at radius 1 is 1.15 bits per heavy atom. The molecular formula is C18H20F8N4O3. The molecule has 15 heteroatoms. The summed E-state index contributed by atoms with van der Waals surface area (Å²) in [7, 11) is 0. The van der Waals surface area contributed by atoms with Crippen molar-refractivity contribution in [1.29, 1.82) is 0 Å². The molecule has 1 aliphatic heterocycles. The highest BCUT2D eigenvalue weighted by Crippen LogP contribution is 2.33. The zero-order chi connectivity index (χ0) is 25.0. The van der Waals surface area contributed by atoms with Crippen LogP contribution in [-0.2, 0) is 14.3 Å². The molecule has 2 amide bonds. The van der Waals surface area contributed by atoms with Crippen molar-refractivity contribution in [3.8, 4) is 0 Å². The zero-order valence-corrected chi connectivity index (χ0v) is 16.8. The number of benzene rings is 1. The lowest BCUT2D eigenvalue weighted by Gasteiger charge is -2.31. The lowest BCUT2D eigenvalue weighted by molar-refractivity contribution is -0.186. The van der Waals surface area contributed by atoms with Crippen LogP contribution in [0, 0.1) is 0 Å². The number of anilines is 2. The summed E-state index contributed by atoms with van der Waals surface area (Å²) >= 11 is 0. The van der Waals surface area contributed by atoms with Crippen LogP contribution in [0.1, 0.15) is 12.0 Å². The third-order valence-electron chi connectivity index (χ3n) is 4.54. The molecule has 1 aromatic carbocycles. The lowest BCUT2D eigenvalue weighted by Crippen LogP contribution is -2.54. The molecule has 1 heterocycles. The average Bonchev–Trinajstić information content (AvgIpc) is 2.66. The number of carbonyl (C=O) groups is 2. The van der Waals surface area contributed by atoms with E-state index in [4.69, 9.17) is 10.5 Å². The van der Waals surface area contributed by atoms with E-state index in [1.807, 2.05) is 5.32 Å². The normalized spacial score (nSPS) is 16.5. The Labute approximate surface area is 182 Å². The van der Waals surface area contributed by atoms with E-state index in [1.54, 1.807) is 0 Å². The van der Waals surface area contributed by atoms with Gasteiger partial charge in [0.05, 0.1) is 25.4 Å². The maximum absolute atomic E-state index is 13.6. The van der Waals surface area contributed by atoms with Gasteiger partial charge in [-0.05, 0) is 18.2 Å². The van der Waals surface area contributed by atoms with Crippen LogP contribution in [0.25, 0.3) is 0 Å². The molecule has 1 aliphatic rings. The number of ether oxygens (including phenoxy) is 1. The topological polar surface area (TPSA) is 87.9 Å². The van der Waals surface area contributed by atoms with Crippen LogP contribution in [0.5, 0.6) is 0 Å². The van der Waals surface area contributed by atoms with Crippen molar-refractivity contribution in [3.63, 3.8) is 0 Å². The van der Waals surface area contributed by atoms with Crippen molar-refractivity contribution >= 4 is 23.2 Å². The summed E-state index contributed by atoms with van der Waals surface area (Å²) in [6.07, 6.45) is -13.2. The van der Waals surface area contributed by atoms with Crippen molar-refractivity contribution in [1.82, 2.24) is 4.90 Å². The molecule has 0 aliphatic carbocycles. The van der Waals surface area contributed by atoms with Gasteiger partial charge in [-0.15, -0.1) is 0 Å². The van der Waals surface area contributed by atoms with Crippen LogP contribution >= 0.6 is 0 Å². The van der Waals surface area contributed by atoms with Gasteiger partial charge in [-0.2, -0.15) is 26.3 Å². The average molecular weight is 492 g/mol. The number of alkyl halides is 8. The second kappa shape index (κ2) is 10.6. The molecule has 1 aromatic rings. The number of amides is 2. The first-order valence-electron chi connectivity index (χ1n) is 9.40. The summed E-state index contributed by atoms with van der Waals surface area (Å²) in [5, 5.41) is 2.02. The van der Waals surface area contributed by atoms with Gasteiger partial charge in [-0.25, -0.2) is 8.78 Å². The first kappa shape index (κ1) is 26.7. The van der Waals surface area contributed by atoms with Gasteiger partial charge < -0.3 is 20.7 Å². The molecule has 3 N–H and O–H groups in total. The summed E-state index contributed by atoms with van der Waals surface area (Å²) in [6, 6.07) is 0.907. The van der Waals surface area contributed by atoms with E-state index in [0.29, 0.717) is 0 Å². The lowest BCUT2D eigenvalue weighted by atomic mass is 10.1. The van der Waals surface area contributed by atoms with Gasteiger partial charge in [0, 0.05) is 24.3 Å². The summed E-state index contributed by atoms with van der Waals surface area (Å²) in [6.45, 7) is -5.28. The van der Waals surface area contributed by atoms with Gasteiger partial charge in [0.25, 0.3) is 12.3 Å². The van der Waals surface area contributed by atoms with Gasteiger partial charge in [-0.3, -0.25) is 14.5 Å². The summed E-state index contributed by atoms with van der Waals surface area (Å²) in [5.41, 5.74) is 4.11. The van der Waals surface area contributed by atoms with E-state index in [9.17, 15) is 44.7 Å². The largest absolute Gasteiger partial charge is 0.401 e. The van der Waals surface area contributed by atoms with E-state index in [1.165, 1.54) is 0 Å². The Balaban J connectivity index is 2.28. The van der Waals surface area contributed by atoms with Crippen molar-refractivity contribution in [2.45, 2.75) is 24.8 Å². The Morgan fingerprint density at radius 3 is 2.24 bits per heavy atom. The van der Waals surface area contributed by atoms with Gasteiger partial charge in [0.15, 0.2) is 0 Å². The fourth-order valence-electron chi connectivity index (χ4n) is 3.21. The predicted molar refractivity (Wildman–Crippen MR) is 99.7 cm³/mol. The van der Waals surface area contributed by atoms with E-state index in [0.717, 1.165) is 23.1 Å². The highest BCUT2D eigenvalue weighted by atomic mass is 19.4. The molecule has 1 fully saturated rings. The second-order valence-corrected chi connectivity index (χ2v) is 7.05. The molecule has 7 nitrogen and oxygen atoms in total. The first-order valence-corrected chi connectivity index (χ1v) is 9.40. The Bertz CT molecular complexity index is 831. The molecule has 0 saturated carbocycles. The van der Waals surface area contributed by atoms with Gasteiger partial charge in [0.1, 0.15) is 12.6 Å². The van der Waals surface area contributed by atoms with Crippen molar-refractivity contribution in [3.05, 3.63) is 23.8 Å². The number of nitrogens with two attached hydrogens (primary N) is 1. The van der Waals surface area contributed by atoms with Crippen LogP contribution in [-0.4, -0.2) is 74.5 Å². The number of hydrogen-bond acceptors (Lipinski definition) is 5. The van der Waals surface area contributed by atoms with E-state index >= 15 is 0 Å². The number of nitrogens with zero attached hydrogens (tertiary/aromatic N) is 2. The van der Waals surface area contributed by atoms with Gasteiger partial charge in [-0.1, -0.05) is 0 Å². The molecular weight excluding hydrogens is 472 g/mol. The molecule has 0 spiro atoms. The maximum Gasteiger partial charge on any atom is 0.401 e. The maximum atomic E-state index is 13.6. The number of halogens is 8. The highest BCUT2D eigenvalue weighted by Gasteiger charge is 2.42. The Morgan fingerprint density at radius 2 is 1.76 bits per heavy atom.